The van der Waals surface area contributed by atoms with E-state index in [0.717, 1.165) is 16.9 Å². The smallest absolute Gasteiger partial charge is 0.338 e. The minimum absolute atomic E-state index is 0.100. The molecule has 0 spiro atoms. The van der Waals surface area contributed by atoms with Crippen LogP contribution >= 0.6 is 0 Å². The van der Waals surface area contributed by atoms with Crippen LogP contribution in [0.2, 0.25) is 0 Å². The maximum atomic E-state index is 12.3. The first-order valence-electron chi connectivity index (χ1n) is 8.18. The Morgan fingerprint density at radius 1 is 0.818 bits per heavy atom. The molecule has 0 atom stereocenters. The van der Waals surface area contributed by atoms with E-state index < -0.39 is 0 Å². The minimum Gasteiger partial charge on any atom is -0.490 e. The number of rotatable bonds is 6. The number of carbonyl (C=O) groups is 1. The summed E-state index contributed by atoms with van der Waals surface area (Å²) in [4.78, 5) is 12.3. The molecule has 1 aromatic rings. The van der Waals surface area contributed by atoms with Gasteiger partial charge >= 0.3 is 5.97 Å². The first kappa shape index (κ1) is 18.5. The molecule has 3 heteroatoms. The molecule has 22 heavy (non-hydrogen) atoms. The molecular formula is C19H30O3. The highest BCUT2D eigenvalue weighted by atomic mass is 16.5. The molecular weight excluding hydrogens is 276 g/mol. The summed E-state index contributed by atoms with van der Waals surface area (Å²) in [5.41, 5.74) is 2.74. The van der Waals surface area contributed by atoms with Crippen LogP contribution in [0.5, 0.6) is 5.75 Å². The molecule has 0 aliphatic rings. The molecule has 0 aliphatic carbocycles. The van der Waals surface area contributed by atoms with E-state index in [-0.39, 0.29) is 30.0 Å². The van der Waals surface area contributed by atoms with Crippen molar-refractivity contribution in [1.29, 1.82) is 0 Å². The Labute approximate surface area is 135 Å². The SMILES string of the molecule is CC(C)OC(=O)c1cc(C(C)C)c(OC(C)C)c(C(C)C)c1. The lowest BCUT2D eigenvalue weighted by molar-refractivity contribution is 0.0377. The zero-order valence-electron chi connectivity index (χ0n) is 15.2. The van der Waals surface area contributed by atoms with Crippen molar-refractivity contribution in [3.8, 4) is 5.75 Å². The van der Waals surface area contributed by atoms with E-state index in [1.807, 2.05) is 39.8 Å². The summed E-state index contributed by atoms with van der Waals surface area (Å²) in [6.07, 6.45) is -0.0208. The first-order valence-corrected chi connectivity index (χ1v) is 8.18. The van der Waals surface area contributed by atoms with Crippen LogP contribution in [-0.4, -0.2) is 18.2 Å². The van der Waals surface area contributed by atoms with Gasteiger partial charge < -0.3 is 9.47 Å². The van der Waals surface area contributed by atoms with Crippen molar-refractivity contribution < 1.29 is 14.3 Å². The normalized spacial score (nSPS) is 11.6. The van der Waals surface area contributed by atoms with Gasteiger partial charge in [0.05, 0.1) is 17.8 Å². The summed E-state index contributed by atoms with van der Waals surface area (Å²) in [5, 5.41) is 0. The standard InChI is InChI=1S/C19H30O3/c1-11(2)16-9-15(19(20)22-14(7)8)10-17(12(3)4)18(16)21-13(5)6/h9-14H,1-8H3. The topological polar surface area (TPSA) is 35.5 Å². The molecule has 0 fully saturated rings. The summed E-state index contributed by atoms with van der Waals surface area (Å²) in [6, 6.07) is 3.83. The lowest BCUT2D eigenvalue weighted by Gasteiger charge is -2.23. The molecule has 0 radical (unpaired) electrons. The van der Waals surface area contributed by atoms with E-state index in [4.69, 9.17) is 9.47 Å². The molecule has 0 aromatic heterocycles. The molecule has 1 rings (SSSR count). The zero-order valence-corrected chi connectivity index (χ0v) is 15.2. The average Bonchev–Trinajstić information content (AvgIpc) is 2.36. The van der Waals surface area contributed by atoms with Crippen molar-refractivity contribution in [2.45, 2.75) is 79.4 Å². The number of esters is 1. The van der Waals surface area contributed by atoms with Crippen LogP contribution in [0.4, 0.5) is 0 Å². The second kappa shape index (κ2) is 7.66. The monoisotopic (exact) mass is 306 g/mol. The second-order valence-corrected chi connectivity index (χ2v) is 6.91. The largest absolute Gasteiger partial charge is 0.490 e. The van der Waals surface area contributed by atoms with E-state index in [1.54, 1.807) is 0 Å². The molecule has 0 aliphatic heterocycles. The highest BCUT2D eigenvalue weighted by molar-refractivity contribution is 5.90. The predicted molar refractivity (Wildman–Crippen MR) is 90.9 cm³/mol. The van der Waals surface area contributed by atoms with Gasteiger partial charge in [0.25, 0.3) is 0 Å². The highest BCUT2D eigenvalue weighted by Gasteiger charge is 2.21. The molecule has 0 saturated carbocycles. The molecule has 0 amide bonds. The third-order valence-corrected chi connectivity index (χ3v) is 3.32. The van der Waals surface area contributed by atoms with Gasteiger partial charge in [-0.15, -0.1) is 0 Å². The molecule has 0 saturated heterocycles. The van der Waals surface area contributed by atoms with Gasteiger partial charge in [0.15, 0.2) is 0 Å². The molecule has 124 valence electrons. The Morgan fingerprint density at radius 3 is 1.59 bits per heavy atom. The van der Waals surface area contributed by atoms with E-state index >= 15 is 0 Å². The van der Waals surface area contributed by atoms with Gasteiger partial charge in [-0.05, 0) is 62.8 Å². The maximum Gasteiger partial charge on any atom is 0.338 e. The Kier molecular flexibility index (Phi) is 6.46. The van der Waals surface area contributed by atoms with Gasteiger partial charge in [-0.25, -0.2) is 4.79 Å². The van der Waals surface area contributed by atoms with Crippen LogP contribution in [0.1, 0.15) is 88.7 Å². The van der Waals surface area contributed by atoms with Gasteiger partial charge in [-0.1, -0.05) is 27.7 Å². The van der Waals surface area contributed by atoms with Crippen LogP contribution in [0.25, 0.3) is 0 Å². The summed E-state index contributed by atoms with van der Waals surface area (Å²) in [6.45, 7) is 16.2. The molecule has 0 heterocycles. The van der Waals surface area contributed by atoms with E-state index in [2.05, 4.69) is 27.7 Å². The number of hydrogen-bond acceptors (Lipinski definition) is 3. The van der Waals surface area contributed by atoms with E-state index in [0.29, 0.717) is 5.56 Å². The van der Waals surface area contributed by atoms with Crippen LogP contribution < -0.4 is 4.74 Å². The highest BCUT2D eigenvalue weighted by Crippen LogP contribution is 2.36. The third kappa shape index (κ3) is 4.75. The maximum absolute atomic E-state index is 12.3. The summed E-state index contributed by atoms with van der Waals surface area (Å²) >= 11 is 0. The zero-order chi connectivity index (χ0) is 17.0. The van der Waals surface area contributed by atoms with Crippen LogP contribution in [0.3, 0.4) is 0 Å². The predicted octanol–water partition coefficient (Wildman–Crippen LogP) is 5.29. The van der Waals surface area contributed by atoms with Crippen LogP contribution in [0, 0.1) is 0 Å². The Morgan fingerprint density at radius 2 is 1.27 bits per heavy atom. The fraction of sp³-hybridized carbons (Fsp3) is 0.632. The van der Waals surface area contributed by atoms with Crippen molar-refractivity contribution in [2.75, 3.05) is 0 Å². The minimum atomic E-state index is -0.269. The first-order chi connectivity index (χ1) is 10.1. The average molecular weight is 306 g/mol. The Bertz CT molecular complexity index is 484. The molecule has 0 unspecified atom stereocenters. The van der Waals surface area contributed by atoms with Crippen molar-refractivity contribution >= 4 is 5.97 Å². The van der Waals surface area contributed by atoms with Gasteiger partial charge in [0.2, 0.25) is 0 Å². The van der Waals surface area contributed by atoms with Crippen molar-refractivity contribution in [2.24, 2.45) is 0 Å². The fourth-order valence-corrected chi connectivity index (χ4v) is 2.30. The van der Waals surface area contributed by atoms with Crippen molar-refractivity contribution in [1.82, 2.24) is 0 Å². The third-order valence-electron chi connectivity index (χ3n) is 3.32. The number of benzene rings is 1. The van der Waals surface area contributed by atoms with E-state index in [1.165, 1.54) is 0 Å². The lowest BCUT2D eigenvalue weighted by atomic mass is 9.91. The molecule has 3 nitrogen and oxygen atoms in total. The van der Waals surface area contributed by atoms with E-state index in [9.17, 15) is 4.79 Å². The Hall–Kier alpha value is -1.51. The van der Waals surface area contributed by atoms with Gasteiger partial charge in [0.1, 0.15) is 5.75 Å². The second-order valence-electron chi connectivity index (χ2n) is 6.91. The number of ether oxygens (including phenoxy) is 2. The molecule has 0 bridgehead atoms. The molecule has 1 aromatic carbocycles. The molecule has 0 N–H and O–H groups in total. The van der Waals surface area contributed by atoms with Crippen LogP contribution in [-0.2, 0) is 4.74 Å². The van der Waals surface area contributed by atoms with Gasteiger partial charge in [-0.3, -0.25) is 0 Å². The van der Waals surface area contributed by atoms with Gasteiger partial charge in [0, 0.05) is 0 Å². The number of carbonyl (C=O) groups excluding carboxylic acids is 1. The summed E-state index contributed by atoms with van der Waals surface area (Å²) in [5.74, 6) is 1.20. The quantitative estimate of drug-likeness (QED) is 0.670. The van der Waals surface area contributed by atoms with Gasteiger partial charge in [-0.2, -0.15) is 0 Å². The summed E-state index contributed by atoms with van der Waals surface area (Å²) in [7, 11) is 0. The summed E-state index contributed by atoms with van der Waals surface area (Å²) < 4.78 is 11.4. The fourth-order valence-electron chi connectivity index (χ4n) is 2.30. The van der Waals surface area contributed by atoms with Crippen LogP contribution in [0.15, 0.2) is 12.1 Å². The number of hydrogen-bond donors (Lipinski definition) is 0. The van der Waals surface area contributed by atoms with Crippen molar-refractivity contribution in [3.63, 3.8) is 0 Å². The Balaban J connectivity index is 3.43. The lowest BCUT2D eigenvalue weighted by Crippen LogP contribution is -2.15. The van der Waals surface area contributed by atoms with Crippen molar-refractivity contribution in [3.05, 3.63) is 28.8 Å².